The molecule has 7 nitrogen and oxygen atoms in total. The van der Waals surface area contributed by atoms with Crippen molar-refractivity contribution in [3.05, 3.63) is 65.5 Å². The van der Waals surface area contributed by atoms with Gasteiger partial charge in [0.05, 0.1) is 29.5 Å². The first-order valence-corrected chi connectivity index (χ1v) is 12.6. The van der Waals surface area contributed by atoms with Gasteiger partial charge in [-0.05, 0) is 68.4 Å². The highest BCUT2D eigenvalue weighted by molar-refractivity contribution is 5.96. The van der Waals surface area contributed by atoms with Crippen LogP contribution in [0, 0.1) is 12.8 Å². The van der Waals surface area contributed by atoms with Gasteiger partial charge in [0.1, 0.15) is 0 Å². The van der Waals surface area contributed by atoms with Crippen LogP contribution in [0.25, 0.3) is 11.0 Å². The molecule has 2 N–H and O–H groups in total. The van der Waals surface area contributed by atoms with Gasteiger partial charge < -0.3 is 15.0 Å². The van der Waals surface area contributed by atoms with Gasteiger partial charge >= 0.3 is 0 Å². The van der Waals surface area contributed by atoms with Crippen molar-refractivity contribution in [1.82, 2.24) is 19.8 Å². The highest BCUT2D eigenvalue weighted by Crippen LogP contribution is 2.41. The van der Waals surface area contributed by atoms with Crippen LogP contribution in [0.3, 0.4) is 0 Å². The summed E-state index contributed by atoms with van der Waals surface area (Å²) in [5.41, 5.74) is 3.80. The van der Waals surface area contributed by atoms with Gasteiger partial charge in [0, 0.05) is 38.2 Å². The third kappa shape index (κ3) is 5.02. The minimum absolute atomic E-state index is 0.0826. The van der Waals surface area contributed by atoms with E-state index in [1.165, 1.54) is 0 Å². The molecule has 2 fully saturated rings. The standard InChI is InChI=1S/C28H34N4O3/c1-19-4-3-5-21(12-19)27(34)29-15-24(33)13-20-16-32(17-20)23-8-10-28(35,11-9-23)22-6-7-25-26(14-22)31(2)18-30-25/h3-7,12,14,18,20,23,35H,8-11,13,15-17H2,1-2H3,(H,29,34). The molecule has 1 saturated carbocycles. The number of nitrogens with zero attached hydrogens (tertiary/aromatic N) is 3. The van der Waals surface area contributed by atoms with E-state index in [-0.39, 0.29) is 18.2 Å². The van der Waals surface area contributed by atoms with E-state index in [1.807, 2.05) is 48.9 Å². The zero-order valence-corrected chi connectivity index (χ0v) is 20.5. The lowest BCUT2D eigenvalue weighted by Crippen LogP contribution is -2.54. The zero-order chi connectivity index (χ0) is 24.6. The van der Waals surface area contributed by atoms with Crippen molar-refractivity contribution in [1.29, 1.82) is 0 Å². The summed E-state index contributed by atoms with van der Waals surface area (Å²) in [4.78, 5) is 31.5. The molecule has 2 aliphatic rings. The molecule has 1 aliphatic heterocycles. The SMILES string of the molecule is Cc1cccc(C(=O)NCC(=O)CC2CN(C3CCC(O)(c4ccc5ncn(C)c5c4)CC3)C2)c1. The largest absolute Gasteiger partial charge is 0.385 e. The number of likely N-dealkylation sites (tertiary alicyclic amines) is 1. The fraction of sp³-hybridized carbons (Fsp3) is 0.464. The molecule has 7 heteroatoms. The summed E-state index contributed by atoms with van der Waals surface area (Å²) < 4.78 is 1.99. The normalized spacial score (nSPS) is 23.2. The van der Waals surface area contributed by atoms with Crippen LogP contribution in [0.1, 0.15) is 53.6 Å². The number of imidazole rings is 1. The number of amides is 1. The van der Waals surface area contributed by atoms with E-state index in [1.54, 1.807) is 12.4 Å². The number of hydrogen-bond donors (Lipinski definition) is 2. The average molecular weight is 475 g/mol. The van der Waals surface area contributed by atoms with E-state index in [4.69, 9.17) is 0 Å². The van der Waals surface area contributed by atoms with Crippen molar-refractivity contribution in [2.45, 2.75) is 50.7 Å². The number of ketones is 1. The number of fused-ring (bicyclic) bond motifs is 1. The monoisotopic (exact) mass is 474 g/mol. The lowest BCUT2D eigenvalue weighted by atomic mass is 9.76. The first-order valence-electron chi connectivity index (χ1n) is 12.6. The molecule has 0 bridgehead atoms. The van der Waals surface area contributed by atoms with Crippen LogP contribution < -0.4 is 5.32 Å². The topological polar surface area (TPSA) is 87.5 Å². The Morgan fingerprint density at radius 3 is 2.66 bits per heavy atom. The van der Waals surface area contributed by atoms with Crippen molar-refractivity contribution in [3.63, 3.8) is 0 Å². The van der Waals surface area contributed by atoms with Crippen molar-refractivity contribution in [2.24, 2.45) is 13.0 Å². The Morgan fingerprint density at radius 1 is 1.14 bits per heavy atom. The van der Waals surface area contributed by atoms with E-state index in [9.17, 15) is 14.7 Å². The van der Waals surface area contributed by atoms with Crippen LogP contribution in [0.2, 0.25) is 0 Å². The smallest absolute Gasteiger partial charge is 0.251 e. The minimum Gasteiger partial charge on any atom is -0.385 e. The van der Waals surface area contributed by atoms with E-state index in [0.717, 1.165) is 60.9 Å². The molecule has 1 saturated heterocycles. The molecule has 1 amide bonds. The first-order chi connectivity index (χ1) is 16.8. The predicted molar refractivity (Wildman–Crippen MR) is 135 cm³/mol. The second-order valence-electron chi connectivity index (χ2n) is 10.4. The molecule has 3 aromatic rings. The summed E-state index contributed by atoms with van der Waals surface area (Å²) in [5.74, 6) is 0.236. The molecular formula is C28H34N4O3. The molecule has 1 aromatic heterocycles. The van der Waals surface area contributed by atoms with Crippen LogP contribution in [0.4, 0.5) is 0 Å². The van der Waals surface area contributed by atoms with Gasteiger partial charge in [0.15, 0.2) is 5.78 Å². The molecule has 184 valence electrons. The predicted octanol–water partition coefficient (Wildman–Crippen LogP) is 3.33. The van der Waals surface area contributed by atoms with Gasteiger partial charge in [-0.1, -0.05) is 23.8 Å². The Hall–Kier alpha value is -3.03. The van der Waals surface area contributed by atoms with Crippen LogP contribution in [0.5, 0.6) is 0 Å². The van der Waals surface area contributed by atoms with Crippen LogP contribution in [-0.4, -0.2) is 56.9 Å². The number of aryl methyl sites for hydroxylation is 2. The summed E-state index contributed by atoms with van der Waals surface area (Å²) in [6.45, 7) is 3.86. The summed E-state index contributed by atoms with van der Waals surface area (Å²) in [7, 11) is 1.98. The van der Waals surface area contributed by atoms with Gasteiger partial charge in [-0.25, -0.2) is 4.98 Å². The highest BCUT2D eigenvalue weighted by Gasteiger charge is 2.40. The lowest BCUT2D eigenvalue weighted by Gasteiger charge is -2.48. The molecule has 35 heavy (non-hydrogen) atoms. The number of carbonyl (C=O) groups is 2. The van der Waals surface area contributed by atoms with Gasteiger partial charge in [0.2, 0.25) is 0 Å². The fourth-order valence-electron chi connectivity index (χ4n) is 5.65. The molecular weight excluding hydrogens is 440 g/mol. The van der Waals surface area contributed by atoms with E-state index >= 15 is 0 Å². The fourth-order valence-corrected chi connectivity index (χ4v) is 5.65. The Balaban J connectivity index is 1.06. The lowest BCUT2D eigenvalue weighted by molar-refractivity contribution is -0.121. The number of hydrogen-bond acceptors (Lipinski definition) is 5. The summed E-state index contributed by atoms with van der Waals surface area (Å²) >= 11 is 0. The van der Waals surface area contributed by atoms with Gasteiger partial charge in [-0.2, -0.15) is 0 Å². The quantitative estimate of drug-likeness (QED) is 0.549. The van der Waals surface area contributed by atoms with E-state index in [0.29, 0.717) is 23.9 Å². The zero-order valence-electron chi connectivity index (χ0n) is 20.5. The maximum Gasteiger partial charge on any atom is 0.251 e. The first kappa shape index (κ1) is 23.7. The van der Waals surface area contributed by atoms with Crippen LogP contribution in [0.15, 0.2) is 48.8 Å². The van der Waals surface area contributed by atoms with E-state index in [2.05, 4.69) is 21.3 Å². The Kier molecular flexibility index (Phi) is 6.47. The van der Waals surface area contributed by atoms with Crippen molar-refractivity contribution < 1.29 is 14.7 Å². The average Bonchev–Trinajstić information content (AvgIpc) is 3.20. The number of benzene rings is 2. The summed E-state index contributed by atoms with van der Waals surface area (Å²) in [6.07, 6.45) is 5.70. The van der Waals surface area contributed by atoms with Crippen molar-refractivity contribution in [3.8, 4) is 0 Å². The second-order valence-corrected chi connectivity index (χ2v) is 10.4. The van der Waals surface area contributed by atoms with Crippen molar-refractivity contribution in [2.75, 3.05) is 19.6 Å². The maximum atomic E-state index is 12.4. The number of aliphatic hydroxyl groups is 1. The maximum absolute atomic E-state index is 12.4. The van der Waals surface area contributed by atoms with E-state index < -0.39 is 5.60 Å². The minimum atomic E-state index is -0.787. The number of aromatic nitrogens is 2. The highest BCUT2D eigenvalue weighted by atomic mass is 16.3. The molecule has 2 aromatic carbocycles. The third-order valence-electron chi connectivity index (χ3n) is 7.79. The molecule has 0 radical (unpaired) electrons. The summed E-state index contributed by atoms with van der Waals surface area (Å²) in [6, 6.07) is 13.9. The molecule has 0 spiro atoms. The Morgan fingerprint density at radius 2 is 1.91 bits per heavy atom. The van der Waals surface area contributed by atoms with Gasteiger partial charge in [-0.3, -0.25) is 14.5 Å². The van der Waals surface area contributed by atoms with Gasteiger partial charge in [0.25, 0.3) is 5.91 Å². The van der Waals surface area contributed by atoms with Crippen LogP contribution in [-0.2, 0) is 17.4 Å². The molecule has 0 atom stereocenters. The van der Waals surface area contributed by atoms with Crippen molar-refractivity contribution >= 4 is 22.7 Å². The molecule has 1 aliphatic carbocycles. The molecule has 5 rings (SSSR count). The Bertz CT molecular complexity index is 1240. The molecule has 2 heterocycles. The number of Topliss-reactive ketones (excluding diaryl/α,β-unsaturated/α-hetero) is 1. The number of carbonyl (C=O) groups excluding carboxylic acids is 2. The second kappa shape index (κ2) is 9.55. The third-order valence-corrected chi connectivity index (χ3v) is 7.79. The number of rotatable bonds is 7. The Labute approximate surface area is 206 Å². The van der Waals surface area contributed by atoms with Gasteiger partial charge in [-0.15, -0.1) is 0 Å². The van der Waals surface area contributed by atoms with Crippen LogP contribution >= 0.6 is 0 Å². The summed E-state index contributed by atoms with van der Waals surface area (Å²) in [5, 5.41) is 14.1. The molecule has 0 unspecified atom stereocenters. The number of nitrogens with one attached hydrogen (secondary N) is 1.